The lowest BCUT2D eigenvalue weighted by Crippen LogP contribution is -1.98. The van der Waals surface area contributed by atoms with Gasteiger partial charge in [0.15, 0.2) is 0 Å². The van der Waals surface area contributed by atoms with Crippen molar-refractivity contribution in [2.24, 2.45) is 5.10 Å². The van der Waals surface area contributed by atoms with Gasteiger partial charge in [-0.1, -0.05) is 0 Å². The van der Waals surface area contributed by atoms with Crippen LogP contribution in [0.15, 0.2) is 23.3 Å². The quantitative estimate of drug-likeness (QED) is 0.376. The first-order valence-electron chi connectivity index (χ1n) is 4.32. The van der Waals surface area contributed by atoms with Crippen LogP contribution in [0.1, 0.15) is 0 Å². The molecule has 0 aliphatic heterocycles. The molecule has 0 radical (unpaired) electrons. The van der Waals surface area contributed by atoms with Gasteiger partial charge in [0, 0.05) is 12.3 Å². The monoisotopic (exact) mass is 258 g/mol. The summed E-state index contributed by atoms with van der Waals surface area (Å²) in [4.78, 5) is 19.7. The fourth-order valence-electron chi connectivity index (χ4n) is 1.03. The molecule has 8 nitrogen and oxygen atoms in total. The number of hydrazone groups is 1. The van der Waals surface area contributed by atoms with E-state index >= 15 is 0 Å². The van der Waals surface area contributed by atoms with Crippen molar-refractivity contribution in [3.05, 3.63) is 38.4 Å². The first kappa shape index (κ1) is 12.8. The maximum absolute atomic E-state index is 10.7. The summed E-state index contributed by atoms with van der Waals surface area (Å²) in [5.41, 5.74) is 1.66. The third-order valence-electron chi connectivity index (χ3n) is 1.73. The largest absolute Gasteiger partial charge is 0.301 e. The van der Waals surface area contributed by atoms with Crippen molar-refractivity contribution in [1.29, 1.82) is 0 Å². The normalized spacial score (nSPS) is 10.4. The van der Waals surface area contributed by atoms with Gasteiger partial charge in [0.2, 0.25) is 0 Å². The number of alkyl halides is 1. The average molecular weight is 259 g/mol. The van der Waals surface area contributed by atoms with Crippen LogP contribution in [0.25, 0.3) is 0 Å². The van der Waals surface area contributed by atoms with E-state index in [0.29, 0.717) is 0 Å². The van der Waals surface area contributed by atoms with Crippen molar-refractivity contribution in [1.82, 2.24) is 0 Å². The SMILES string of the molecule is O=[N+]([O-])c1ccc(N/N=C\CCl)c([N+](=O)[O-])c1. The molecule has 1 rings (SSSR count). The number of nitrogens with one attached hydrogen (secondary N) is 1. The molecule has 0 amide bonds. The summed E-state index contributed by atoms with van der Waals surface area (Å²) in [6, 6.07) is 3.21. The van der Waals surface area contributed by atoms with Gasteiger partial charge in [-0.05, 0) is 6.07 Å². The minimum absolute atomic E-state index is 0.0574. The Balaban J connectivity index is 3.08. The predicted molar refractivity (Wildman–Crippen MR) is 62.6 cm³/mol. The van der Waals surface area contributed by atoms with Gasteiger partial charge in [-0.25, -0.2) is 0 Å². The minimum atomic E-state index is -0.731. The zero-order valence-electron chi connectivity index (χ0n) is 8.37. The first-order chi connectivity index (χ1) is 8.06. The fourth-order valence-corrected chi connectivity index (χ4v) is 1.10. The molecule has 0 atom stereocenters. The Morgan fingerprint density at radius 2 is 2.06 bits per heavy atom. The van der Waals surface area contributed by atoms with Gasteiger partial charge in [-0.2, -0.15) is 5.10 Å². The maximum atomic E-state index is 10.7. The lowest BCUT2D eigenvalue weighted by molar-refractivity contribution is -0.393. The highest BCUT2D eigenvalue weighted by atomic mass is 35.5. The molecule has 1 aromatic rings. The van der Waals surface area contributed by atoms with E-state index in [-0.39, 0.29) is 17.3 Å². The zero-order valence-corrected chi connectivity index (χ0v) is 9.13. The second-order valence-electron chi connectivity index (χ2n) is 2.79. The van der Waals surface area contributed by atoms with Gasteiger partial charge < -0.3 is 0 Å². The van der Waals surface area contributed by atoms with Crippen molar-refractivity contribution in [2.45, 2.75) is 0 Å². The number of benzene rings is 1. The third kappa shape index (κ3) is 3.38. The summed E-state index contributed by atoms with van der Waals surface area (Å²) in [7, 11) is 0. The maximum Gasteiger partial charge on any atom is 0.301 e. The molecule has 90 valence electrons. The molecule has 17 heavy (non-hydrogen) atoms. The van der Waals surface area contributed by atoms with Crippen LogP contribution in [0.5, 0.6) is 0 Å². The van der Waals surface area contributed by atoms with Crippen LogP contribution < -0.4 is 5.43 Å². The molecule has 0 saturated heterocycles. The molecule has 0 aromatic heterocycles. The molecule has 0 saturated carbocycles. The first-order valence-corrected chi connectivity index (χ1v) is 4.86. The van der Waals surface area contributed by atoms with Crippen LogP contribution in [0.2, 0.25) is 0 Å². The van der Waals surface area contributed by atoms with Crippen LogP contribution in [0.3, 0.4) is 0 Å². The highest BCUT2D eigenvalue weighted by molar-refractivity contribution is 6.24. The standard InChI is InChI=1S/C8H7ClN4O4/c9-3-4-10-11-7-2-1-6(12(14)15)5-8(7)13(16)17/h1-2,4-5,11H,3H2/b10-4-. The van der Waals surface area contributed by atoms with E-state index in [4.69, 9.17) is 11.6 Å². The number of hydrogen-bond donors (Lipinski definition) is 1. The van der Waals surface area contributed by atoms with Gasteiger partial charge in [0.05, 0.1) is 21.8 Å². The predicted octanol–water partition coefficient (Wildman–Crippen LogP) is 2.14. The van der Waals surface area contributed by atoms with Crippen molar-refractivity contribution in [3.8, 4) is 0 Å². The van der Waals surface area contributed by atoms with Crippen LogP contribution in [-0.4, -0.2) is 21.9 Å². The molecule has 0 fully saturated rings. The van der Waals surface area contributed by atoms with Crippen LogP contribution in [0.4, 0.5) is 17.1 Å². The number of halogens is 1. The molecule has 0 aliphatic rings. The minimum Gasteiger partial charge on any atom is -0.272 e. The molecular formula is C8H7ClN4O4. The Bertz CT molecular complexity index is 477. The lowest BCUT2D eigenvalue weighted by Gasteiger charge is -2.01. The summed E-state index contributed by atoms with van der Waals surface area (Å²) in [6.07, 6.45) is 1.30. The van der Waals surface area contributed by atoms with E-state index in [1.165, 1.54) is 12.3 Å². The van der Waals surface area contributed by atoms with Crippen molar-refractivity contribution in [2.75, 3.05) is 11.3 Å². The van der Waals surface area contributed by atoms with E-state index in [0.717, 1.165) is 12.1 Å². The Morgan fingerprint density at radius 3 is 2.59 bits per heavy atom. The molecule has 1 aromatic carbocycles. The van der Waals surface area contributed by atoms with Crippen LogP contribution in [-0.2, 0) is 0 Å². The molecule has 0 aliphatic carbocycles. The van der Waals surface area contributed by atoms with Crippen LogP contribution in [0, 0.1) is 20.2 Å². The highest BCUT2D eigenvalue weighted by Crippen LogP contribution is 2.28. The number of nitro benzene ring substituents is 2. The van der Waals surface area contributed by atoms with Crippen LogP contribution >= 0.6 is 11.6 Å². The Kier molecular flexibility index (Phi) is 4.35. The average Bonchev–Trinajstić information content (AvgIpc) is 2.29. The molecule has 0 unspecified atom stereocenters. The summed E-state index contributed by atoms with van der Waals surface area (Å²) >= 11 is 5.32. The topological polar surface area (TPSA) is 111 Å². The Morgan fingerprint density at radius 1 is 1.35 bits per heavy atom. The van der Waals surface area contributed by atoms with E-state index in [9.17, 15) is 20.2 Å². The Labute approximate surface area is 100 Å². The molecule has 0 spiro atoms. The summed E-state index contributed by atoms with van der Waals surface area (Å²) < 4.78 is 0. The van der Waals surface area contributed by atoms with Gasteiger partial charge in [0.1, 0.15) is 5.69 Å². The van der Waals surface area contributed by atoms with Gasteiger partial charge in [-0.3, -0.25) is 25.7 Å². The number of anilines is 1. The summed E-state index contributed by atoms with van der Waals surface area (Å²) in [5.74, 6) is 0.147. The Hall–Kier alpha value is -2.22. The lowest BCUT2D eigenvalue weighted by atomic mass is 10.2. The van der Waals surface area contributed by atoms with Gasteiger partial charge >= 0.3 is 5.69 Å². The van der Waals surface area contributed by atoms with E-state index in [1.807, 2.05) is 0 Å². The fraction of sp³-hybridized carbons (Fsp3) is 0.125. The number of rotatable bonds is 5. The molecule has 0 heterocycles. The number of nitrogens with zero attached hydrogens (tertiary/aromatic N) is 3. The number of hydrogen-bond acceptors (Lipinski definition) is 6. The van der Waals surface area contributed by atoms with Crippen molar-refractivity contribution in [3.63, 3.8) is 0 Å². The number of non-ortho nitro benzene ring substituents is 1. The summed E-state index contributed by atoms with van der Waals surface area (Å²) in [5, 5.41) is 24.8. The second kappa shape index (κ2) is 5.75. The zero-order chi connectivity index (χ0) is 12.8. The molecule has 1 N–H and O–H groups in total. The second-order valence-corrected chi connectivity index (χ2v) is 3.10. The third-order valence-corrected chi connectivity index (χ3v) is 1.87. The van der Waals surface area contributed by atoms with Crippen molar-refractivity contribution >= 4 is 34.9 Å². The molecular weight excluding hydrogens is 252 g/mol. The van der Waals surface area contributed by atoms with E-state index < -0.39 is 15.5 Å². The smallest absolute Gasteiger partial charge is 0.272 e. The van der Waals surface area contributed by atoms with E-state index in [1.54, 1.807) is 0 Å². The molecule has 9 heteroatoms. The van der Waals surface area contributed by atoms with Crippen molar-refractivity contribution < 1.29 is 9.85 Å². The van der Waals surface area contributed by atoms with Gasteiger partial charge in [0.25, 0.3) is 5.69 Å². The van der Waals surface area contributed by atoms with Gasteiger partial charge in [-0.15, -0.1) is 11.6 Å². The number of nitro groups is 2. The summed E-state index contributed by atoms with van der Waals surface area (Å²) in [6.45, 7) is 0. The molecule has 0 bridgehead atoms. The highest BCUT2D eigenvalue weighted by Gasteiger charge is 2.18. The van der Waals surface area contributed by atoms with E-state index in [2.05, 4.69) is 10.5 Å².